The van der Waals surface area contributed by atoms with Gasteiger partial charge in [0, 0.05) is 43.7 Å². The molecule has 7 nitrogen and oxygen atoms in total. The van der Waals surface area contributed by atoms with Gasteiger partial charge in [0.05, 0.1) is 19.8 Å². The van der Waals surface area contributed by atoms with Crippen molar-refractivity contribution >= 4 is 17.6 Å². The van der Waals surface area contributed by atoms with Gasteiger partial charge in [0.15, 0.2) is 17.5 Å². The second-order valence-electron chi connectivity index (χ2n) is 7.28. The summed E-state index contributed by atoms with van der Waals surface area (Å²) < 4.78 is 11.4. The predicted octanol–water partition coefficient (Wildman–Crippen LogP) is 3.02. The van der Waals surface area contributed by atoms with Crippen LogP contribution in [-0.2, 0) is 4.79 Å². The predicted molar refractivity (Wildman–Crippen MR) is 111 cm³/mol. The fourth-order valence-corrected chi connectivity index (χ4v) is 3.56. The molecule has 0 aromatic heterocycles. The minimum Gasteiger partial charge on any atom is -0.490 e. The number of carbonyl (C=O) groups excluding carboxylic acids is 1. The van der Waals surface area contributed by atoms with Crippen LogP contribution in [0.5, 0.6) is 11.5 Å². The van der Waals surface area contributed by atoms with E-state index in [1.54, 1.807) is 0 Å². The Morgan fingerprint density at radius 2 is 2.04 bits per heavy atom. The molecule has 3 rings (SSSR count). The fraction of sp³-hybridized carbons (Fsp3) is 0.619. The molecule has 2 aliphatic heterocycles. The molecule has 2 N–H and O–H groups in total. The number of aliphatic imine (C=N–C) groups is 1. The van der Waals surface area contributed by atoms with Gasteiger partial charge in [0.1, 0.15) is 0 Å². The van der Waals surface area contributed by atoms with Gasteiger partial charge < -0.3 is 25.0 Å². The number of nitrogens with zero attached hydrogens (tertiary/aromatic N) is 2. The summed E-state index contributed by atoms with van der Waals surface area (Å²) in [5.74, 6) is 2.37. The number of carbonyl (C=O) groups is 1. The van der Waals surface area contributed by atoms with E-state index in [2.05, 4.69) is 22.5 Å². The van der Waals surface area contributed by atoms with Gasteiger partial charge >= 0.3 is 0 Å². The van der Waals surface area contributed by atoms with E-state index in [0.29, 0.717) is 38.2 Å². The van der Waals surface area contributed by atoms with E-state index >= 15 is 0 Å². The van der Waals surface area contributed by atoms with Crippen molar-refractivity contribution in [3.63, 3.8) is 0 Å². The highest BCUT2D eigenvalue weighted by Crippen LogP contribution is 2.32. The smallest absolute Gasteiger partial charge is 0.224 e. The van der Waals surface area contributed by atoms with Crippen LogP contribution in [-0.4, -0.2) is 55.7 Å². The van der Waals surface area contributed by atoms with Crippen molar-refractivity contribution in [1.82, 2.24) is 10.2 Å². The molecule has 7 heteroatoms. The van der Waals surface area contributed by atoms with E-state index < -0.39 is 0 Å². The number of hydrogen-bond donors (Lipinski definition) is 2. The fourth-order valence-electron chi connectivity index (χ4n) is 3.56. The van der Waals surface area contributed by atoms with Crippen LogP contribution in [0.3, 0.4) is 0 Å². The molecule has 1 aromatic rings. The number of benzene rings is 1. The number of amides is 1. The van der Waals surface area contributed by atoms with Crippen molar-refractivity contribution in [3.8, 4) is 11.5 Å². The van der Waals surface area contributed by atoms with Crippen molar-refractivity contribution in [3.05, 3.63) is 18.2 Å². The second-order valence-corrected chi connectivity index (χ2v) is 7.28. The maximum absolute atomic E-state index is 12.5. The van der Waals surface area contributed by atoms with Crippen LogP contribution in [0.1, 0.15) is 46.0 Å². The Labute approximate surface area is 167 Å². The zero-order valence-electron chi connectivity index (χ0n) is 17.0. The molecule has 0 bridgehead atoms. The van der Waals surface area contributed by atoms with Gasteiger partial charge in [-0.25, -0.2) is 0 Å². The highest BCUT2D eigenvalue weighted by molar-refractivity contribution is 5.94. The maximum atomic E-state index is 12.5. The van der Waals surface area contributed by atoms with Crippen LogP contribution in [0.4, 0.5) is 5.69 Å². The average Bonchev–Trinajstić information content (AvgIpc) is 2.93. The Morgan fingerprint density at radius 1 is 1.21 bits per heavy atom. The monoisotopic (exact) mass is 388 g/mol. The minimum absolute atomic E-state index is 0.197. The molecular formula is C21H32N4O3. The molecule has 2 aliphatic rings. The molecular weight excluding hydrogens is 356 g/mol. The van der Waals surface area contributed by atoms with Crippen LogP contribution in [0.15, 0.2) is 23.2 Å². The number of rotatable bonds is 5. The number of piperidine rings is 1. The average molecular weight is 389 g/mol. The van der Waals surface area contributed by atoms with E-state index in [-0.39, 0.29) is 5.91 Å². The summed E-state index contributed by atoms with van der Waals surface area (Å²) in [5.41, 5.74) is 0.875. The van der Waals surface area contributed by atoms with E-state index in [1.807, 2.05) is 30.0 Å². The lowest BCUT2D eigenvalue weighted by atomic mass is 10.0. The van der Waals surface area contributed by atoms with E-state index in [4.69, 9.17) is 9.47 Å². The Kier molecular flexibility index (Phi) is 7.39. The quantitative estimate of drug-likeness (QED) is 0.599. The zero-order chi connectivity index (χ0) is 19.8. The lowest BCUT2D eigenvalue weighted by Crippen LogP contribution is -2.42. The third-order valence-electron chi connectivity index (χ3n) is 5.07. The third-order valence-corrected chi connectivity index (χ3v) is 5.07. The highest BCUT2D eigenvalue weighted by Gasteiger charge is 2.22. The molecule has 0 saturated carbocycles. The van der Waals surface area contributed by atoms with Gasteiger partial charge in [0.2, 0.25) is 5.91 Å². The standard InChI is InChI=1S/C21H32N4O3/c1-3-22-21(23-11-10-20(26)25-12-5-4-7-16(25)2)24-17-8-9-18-19(15-17)28-14-6-13-27-18/h8-9,15-16H,3-7,10-14H2,1-2H3,(H2,22,23,24). The van der Waals surface area contributed by atoms with Gasteiger partial charge in [-0.3, -0.25) is 9.79 Å². The number of hydrogen-bond acceptors (Lipinski definition) is 4. The van der Waals surface area contributed by atoms with Gasteiger partial charge in [-0.05, 0) is 45.2 Å². The molecule has 154 valence electrons. The molecule has 2 heterocycles. The van der Waals surface area contributed by atoms with Gasteiger partial charge in [-0.1, -0.05) is 0 Å². The molecule has 1 atom stereocenters. The van der Waals surface area contributed by atoms with Crippen molar-refractivity contribution < 1.29 is 14.3 Å². The van der Waals surface area contributed by atoms with Gasteiger partial charge in [-0.15, -0.1) is 0 Å². The first-order chi connectivity index (χ1) is 13.7. The first kappa shape index (κ1) is 20.3. The molecule has 1 unspecified atom stereocenters. The van der Waals surface area contributed by atoms with Crippen LogP contribution in [0.2, 0.25) is 0 Å². The molecule has 1 amide bonds. The van der Waals surface area contributed by atoms with Crippen molar-refractivity contribution in [1.29, 1.82) is 0 Å². The van der Waals surface area contributed by atoms with Crippen LogP contribution >= 0.6 is 0 Å². The number of nitrogens with one attached hydrogen (secondary N) is 2. The summed E-state index contributed by atoms with van der Waals surface area (Å²) in [6.45, 7) is 7.56. The second kappa shape index (κ2) is 10.2. The Morgan fingerprint density at radius 3 is 2.82 bits per heavy atom. The molecule has 1 saturated heterocycles. The number of ether oxygens (including phenoxy) is 2. The number of fused-ring (bicyclic) bond motifs is 1. The van der Waals surface area contributed by atoms with Crippen molar-refractivity contribution in [2.24, 2.45) is 4.99 Å². The number of anilines is 1. The first-order valence-electron chi connectivity index (χ1n) is 10.4. The number of guanidine groups is 1. The third kappa shape index (κ3) is 5.53. The van der Waals surface area contributed by atoms with Crippen LogP contribution in [0.25, 0.3) is 0 Å². The first-order valence-corrected chi connectivity index (χ1v) is 10.4. The van der Waals surface area contributed by atoms with E-state index in [0.717, 1.165) is 49.5 Å². The lowest BCUT2D eigenvalue weighted by Gasteiger charge is -2.33. The summed E-state index contributed by atoms with van der Waals surface area (Å²) >= 11 is 0. The summed E-state index contributed by atoms with van der Waals surface area (Å²) in [4.78, 5) is 19.1. The summed E-state index contributed by atoms with van der Waals surface area (Å²) in [5, 5.41) is 6.52. The summed E-state index contributed by atoms with van der Waals surface area (Å²) in [7, 11) is 0. The Balaban J connectivity index is 1.58. The Bertz CT molecular complexity index is 692. The lowest BCUT2D eigenvalue weighted by molar-refractivity contribution is -0.134. The molecule has 28 heavy (non-hydrogen) atoms. The van der Waals surface area contributed by atoms with E-state index in [1.165, 1.54) is 6.42 Å². The SMILES string of the molecule is CCNC(=NCCC(=O)N1CCCCC1C)Nc1ccc2c(c1)OCCCO2. The van der Waals surface area contributed by atoms with Crippen LogP contribution in [0, 0.1) is 0 Å². The van der Waals surface area contributed by atoms with Gasteiger partial charge in [-0.2, -0.15) is 0 Å². The summed E-state index contributed by atoms with van der Waals surface area (Å²) in [6.07, 6.45) is 4.73. The molecule has 1 aromatic carbocycles. The molecule has 1 fully saturated rings. The van der Waals surface area contributed by atoms with E-state index in [9.17, 15) is 4.79 Å². The molecule has 0 radical (unpaired) electrons. The topological polar surface area (TPSA) is 75.2 Å². The molecule has 0 spiro atoms. The van der Waals surface area contributed by atoms with Crippen molar-refractivity contribution in [2.45, 2.75) is 52.0 Å². The highest BCUT2D eigenvalue weighted by atomic mass is 16.5. The zero-order valence-corrected chi connectivity index (χ0v) is 17.0. The minimum atomic E-state index is 0.197. The van der Waals surface area contributed by atoms with Crippen molar-refractivity contribution in [2.75, 3.05) is 38.2 Å². The number of likely N-dealkylation sites (tertiary alicyclic amines) is 1. The summed E-state index contributed by atoms with van der Waals surface area (Å²) in [6, 6.07) is 6.13. The van der Waals surface area contributed by atoms with Gasteiger partial charge in [0.25, 0.3) is 0 Å². The largest absolute Gasteiger partial charge is 0.490 e. The van der Waals surface area contributed by atoms with Crippen LogP contribution < -0.4 is 20.1 Å². The molecule has 0 aliphatic carbocycles. The maximum Gasteiger partial charge on any atom is 0.224 e. The normalized spacial score (nSPS) is 19.7. The Hall–Kier alpha value is -2.44.